The van der Waals surface area contributed by atoms with Crippen LogP contribution in [0.5, 0.6) is 0 Å². The lowest BCUT2D eigenvalue weighted by atomic mass is 9.93. The maximum Gasteiger partial charge on any atom is 0.231 e. The molecule has 0 aliphatic carbocycles. The molecule has 3 nitrogen and oxygen atoms in total. The molecule has 1 unspecified atom stereocenters. The van der Waals surface area contributed by atoms with Gasteiger partial charge in [-0.1, -0.05) is 18.2 Å². The van der Waals surface area contributed by atoms with E-state index < -0.39 is 0 Å². The van der Waals surface area contributed by atoms with Crippen LogP contribution in [0.25, 0.3) is 0 Å². The zero-order valence-corrected chi connectivity index (χ0v) is 11.8. The number of hydrogen-bond donors (Lipinski definition) is 1. The molecule has 0 bridgehead atoms. The molecule has 108 valence electrons. The number of amides is 1. The van der Waals surface area contributed by atoms with Gasteiger partial charge in [0.05, 0.1) is 5.92 Å². The predicted molar refractivity (Wildman–Crippen MR) is 81.9 cm³/mol. The minimum atomic E-state index is -0.298. The molecule has 1 atom stereocenters. The Balaban J connectivity index is 1.75. The Hall–Kier alpha value is -2.36. The molecule has 0 aromatic heterocycles. The highest BCUT2D eigenvalue weighted by molar-refractivity contribution is 5.95. The van der Waals surface area contributed by atoms with Crippen molar-refractivity contribution in [3.05, 3.63) is 59.9 Å². The molecule has 2 aromatic carbocycles. The molecular formula is C17H17FN2O. The Morgan fingerprint density at radius 3 is 2.67 bits per heavy atom. The number of fused-ring (bicyclic) bond motifs is 1. The first-order chi connectivity index (χ1) is 10.1. The van der Waals surface area contributed by atoms with Crippen LogP contribution < -0.4 is 10.2 Å². The topological polar surface area (TPSA) is 32.3 Å². The average molecular weight is 284 g/mol. The molecule has 0 saturated heterocycles. The van der Waals surface area contributed by atoms with E-state index in [2.05, 4.69) is 5.32 Å². The van der Waals surface area contributed by atoms with Crippen molar-refractivity contribution in [2.45, 2.75) is 6.42 Å². The Kier molecular flexibility index (Phi) is 3.60. The van der Waals surface area contributed by atoms with Crippen molar-refractivity contribution in [2.75, 3.05) is 23.8 Å². The van der Waals surface area contributed by atoms with E-state index >= 15 is 0 Å². The number of para-hydroxylation sites is 1. The third kappa shape index (κ3) is 2.75. The summed E-state index contributed by atoms with van der Waals surface area (Å²) in [6, 6.07) is 14.0. The number of benzene rings is 2. The molecule has 2 aromatic rings. The molecule has 0 radical (unpaired) electrons. The van der Waals surface area contributed by atoms with E-state index in [9.17, 15) is 9.18 Å². The molecule has 3 rings (SSSR count). The second kappa shape index (κ2) is 5.56. The quantitative estimate of drug-likeness (QED) is 0.919. The summed E-state index contributed by atoms with van der Waals surface area (Å²) in [5, 5.41) is 3.30. The van der Waals surface area contributed by atoms with E-state index in [0.717, 1.165) is 17.7 Å². The molecule has 0 spiro atoms. The highest BCUT2D eigenvalue weighted by atomic mass is 19.1. The lowest BCUT2D eigenvalue weighted by molar-refractivity contribution is -0.121. The van der Waals surface area contributed by atoms with Gasteiger partial charge < -0.3 is 10.2 Å². The van der Waals surface area contributed by atoms with E-state index in [0.29, 0.717) is 12.2 Å². The number of carbonyl (C=O) groups excluding carboxylic acids is 1. The summed E-state index contributed by atoms with van der Waals surface area (Å²) in [5.41, 5.74) is 2.97. The Bertz CT molecular complexity index is 654. The van der Waals surface area contributed by atoms with Crippen LogP contribution in [-0.2, 0) is 11.2 Å². The smallest absolute Gasteiger partial charge is 0.231 e. The highest BCUT2D eigenvalue weighted by Crippen LogP contribution is 2.26. The van der Waals surface area contributed by atoms with Gasteiger partial charge in [0.1, 0.15) is 5.82 Å². The van der Waals surface area contributed by atoms with Crippen LogP contribution in [0.4, 0.5) is 15.8 Å². The van der Waals surface area contributed by atoms with Gasteiger partial charge in [-0.15, -0.1) is 0 Å². The third-order valence-electron chi connectivity index (χ3n) is 3.92. The maximum atomic E-state index is 13.0. The molecule has 0 saturated carbocycles. The number of anilines is 2. The fourth-order valence-electron chi connectivity index (χ4n) is 2.68. The lowest BCUT2D eigenvalue weighted by Crippen LogP contribution is -2.39. The van der Waals surface area contributed by atoms with Gasteiger partial charge in [0.25, 0.3) is 0 Å². The molecule has 0 fully saturated rings. The minimum absolute atomic E-state index is 0.0450. The summed E-state index contributed by atoms with van der Waals surface area (Å²) >= 11 is 0. The van der Waals surface area contributed by atoms with Crippen molar-refractivity contribution in [3.8, 4) is 0 Å². The van der Waals surface area contributed by atoms with Crippen molar-refractivity contribution in [1.82, 2.24) is 0 Å². The maximum absolute atomic E-state index is 13.0. The molecule has 1 heterocycles. The van der Waals surface area contributed by atoms with Gasteiger partial charge in [-0.25, -0.2) is 4.39 Å². The largest absolute Gasteiger partial charge is 0.384 e. The van der Waals surface area contributed by atoms with Gasteiger partial charge in [-0.05, 0) is 42.3 Å². The number of nitrogens with one attached hydrogen (secondary N) is 1. The van der Waals surface area contributed by atoms with Crippen molar-refractivity contribution >= 4 is 17.3 Å². The van der Waals surface area contributed by atoms with Crippen molar-refractivity contribution < 1.29 is 9.18 Å². The second-order valence-electron chi connectivity index (χ2n) is 5.31. The van der Waals surface area contributed by atoms with Crippen LogP contribution >= 0.6 is 0 Å². The Morgan fingerprint density at radius 2 is 1.90 bits per heavy atom. The predicted octanol–water partition coefficient (Wildman–Crippen LogP) is 3.07. The average Bonchev–Trinajstić information content (AvgIpc) is 2.54. The number of rotatable bonds is 2. The van der Waals surface area contributed by atoms with Crippen molar-refractivity contribution in [2.24, 2.45) is 5.92 Å². The van der Waals surface area contributed by atoms with Crippen LogP contribution in [0.15, 0.2) is 48.5 Å². The van der Waals surface area contributed by atoms with Crippen LogP contribution in [0, 0.1) is 11.7 Å². The van der Waals surface area contributed by atoms with E-state index in [4.69, 9.17) is 0 Å². The van der Waals surface area contributed by atoms with E-state index in [-0.39, 0.29) is 17.6 Å². The SMILES string of the molecule is CN(C(=O)C1CNc2ccccc2C1)c1ccc(F)cc1. The zero-order valence-electron chi connectivity index (χ0n) is 11.8. The first kappa shape index (κ1) is 13.6. The van der Waals surface area contributed by atoms with Crippen LogP contribution in [0.3, 0.4) is 0 Å². The zero-order chi connectivity index (χ0) is 14.8. The summed E-state index contributed by atoms with van der Waals surface area (Å²) in [7, 11) is 1.73. The van der Waals surface area contributed by atoms with Crippen LogP contribution in [-0.4, -0.2) is 19.5 Å². The molecule has 1 amide bonds. The molecular weight excluding hydrogens is 267 g/mol. The van der Waals surface area contributed by atoms with Crippen molar-refractivity contribution in [3.63, 3.8) is 0 Å². The summed E-state index contributed by atoms with van der Waals surface area (Å²) in [6.07, 6.45) is 0.730. The van der Waals surface area contributed by atoms with E-state index in [1.165, 1.54) is 12.1 Å². The second-order valence-corrected chi connectivity index (χ2v) is 5.31. The van der Waals surface area contributed by atoms with Crippen LogP contribution in [0.2, 0.25) is 0 Å². The van der Waals surface area contributed by atoms with Gasteiger partial charge in [-0.3, -0.25) is 4.79 Å². The summed E-state index contributed by atoms with van der Waals surface area (Å²) in [4.78, 5) is 14.2. The standard InChI is InChI=1S/C17H17FN2O/c1-20(15-8-6-14(18)7-9-15)17(21)13-10-12-4-2-3-5-16(12)19-11-13/h2-9,13,19H,10-11H2,1H3. The summed E-state index contributed by atoms with van der Waals surface area (Å²) in [5.74, 6) is -0.355. The van der Waals surface area contributed by atoms with Crippen molar-refractivity contribution in [1.29, 1.82) is 0 Å². The summed E-state index contributed by atoms with van der Waals surface area (Å²) < 4.78 is 13.0. The molecule has 1 aliphatic rings. The summed E-state index contributed by atoms with van der Waals surface area (Å²) in [6.45, 7) is 0.626. The number of hydrogen-bond acceptors (Lipinski definition) is 2. The van der Waals surface area contributed by atoms with E-state index in [1.807, 2.05) is 24.3 Å². The van der Waals surface area contributed by atoms with Gasteiger partial charge >= 0.3 is 0 Å². The fraction of sp³-hybridized carbons (Fsp3) is 0.235. The van der Waals surface area contributed by atoms with Gasteiger partial charge in [-0.2, -0.15) is 0 Å². The van der Waals surface area contributed by atoms with Crippen LogP contribution in [0.1, 0.15) is 5.56 Å². The monoisotopic (exact) mass is 284 g/mol. The molecule has 21 heavy (non-hydrogen) atoms. The van der Waals surface area contributed by atoms with Gasteiger partial charge in [0.15, 0.2) is 0 Å². The number of carbonyl (C=O) groups is 1. The van der Waals surface area contributed by atoms with Gasteiger partial charge in [0, 0.05) is 25.0 Å². The van der Waals surface area contributed by atoms with E-state index in [1.54, 1.807) is 24.1 Å². The molecule has 4 heteroatoms. The molecule has 1 aliphatic heterocycles. The number of nitrogens with zero attached hydrogens (tertiary/aromatic N) is 1. The normalized spacial score (nSPS) is 16.8. The fourth-order valence-corrected chi connectivity index (χ4v) is 2.68. The molecule has 1 N–H and O–H groups in total. The highest BCUT2D eigenvalue weighted by Gasteiger charge is 2.27. The van der Waals surface area contributed by atoms with Gasteiger partial charge in [0.2, 0.25) is 5.91 Å². The Labute approximate surface area is 123 Å². The minimum Gasteiger partial charge on any atom is -0.384 e. The number of halogens is 1. The Morgan fingerprint density at radius 1 is 1.19 bits per heavy atom. The first-order valence-electron chi connectivity index (χ1n) is 7.00. The third-order valence-corrected chi connectivity index (χ3v) is 3.92. The first-order valence-corrected chi connectivity index (χ1v) is 7.00. The lowest BCUT2D eigenvalue weighted by Gasteiger charge is -2.29.